The van der Waals surface area contributed by atoms with Crippen molar-refractivity contribution in [2.75, 3.05) is 20.7 Å². The van der Waals surface area contributed by atoms with Gasteiger partial charge < -0.3 is 9.30 Å². The van der Waals surface area contributed by atoms with E-state index in [0.29, 0.717) is 13.2 Å². The predicted octanol–water partition coefficient (Wildman–Crippen LogP) is 4.28. The summed E-state index contributed by atoms with van der Waals surface area (Å²) in [7, 11) is -0.410. The van der Waals surface area contributed by atoms with Crippen molar-refractivity contribution in [2.24, 2.45) is 4.99 Å². The summed E-state index contributed by atoms with van der Waals surface area (Å²) in [5, 5.41) is 2.02. The first-order valence-corrected chi connectivity index (χ1v) is 11.8. The van der Waals surface area contributed by atoms with Gasteiger partial charge in [-0.25, -0.2) is 17.7 Å². The third kappa shape index (κ3) is 4.72. The zero-order chi connectivity index (χ0) is 21.7. The van der Waals surface area contributed by atoms with Gasteiger partial charge in [0.1, 0.15) is 5.75 Å². The van der Waals surface area contributed by atoms with Crippen molar-refractivity contribution in [2.45, 2.75) is 18.4 Å². The SMILES string of the molecule is C=CCn1c(-c2ccc(S(=O)(=O)N(C)C)cc2)csc1=Nc1ccc(OCC)cc1. The molecule has 0 fully saturated rings. The lowest BCUT2D eigenvalue weighted by molar-refractivity contribution is 0.340. The molecular formula is C22H25N3O3S2. The Morgan fingerprint density at radius 3 is 2.37 bits per heavy atom. The first-order chi connectivity index (χ1) is 14.4. The first-order valence-electron chi connectivity index (χ1n) is 9.46. The molecule has 0 aliphatic heterocycles. The number of allylic oxidation sites excluding steroid dienone is 1. The smallest absolute Gasteiger partial charge is 0.242 e. The zero-order valence-corrected chi connectivity index (χ0v) is 18.9. The first kappa shape index (κ1) is 22.0. The lowest BCUT2D eigenvalue weighted by atomic mass is 10.2. The number of benzene rings is 2. The number of sulfonamides is 1. The number of ether oxygens (including phenoxy) is 1. The second kappa shape index (κ2) is 9.42. The Morgan fingerprint density at radius 2 is 1.80 bits per heavy atom. The van der Waals surface area contributed by atoms with E-state index in [1.165, 1.54) is 29.7 Å². The van der Waals surface area contributed by atoms with Crippen LogP contribution < -0.4 is 9.54 Å². The van der Waals surface area contributed by atoms with E-state index in [2.05, 4.69) is 11.1 Å². The minimum Gasteiger partial charge on any atom is -0.494 e. The highest BCUT2D eigenvalue weighted by atomic mass is 32.2. The Kier molecular flexibility index (Phi) is 6.91. The summed E-state index contributed by atoms with van der Waals surface area (Å²) in [6, 6.07) is 14.5. The van der Waals surface area contributed by atoms with Gasteiger partial charge in [0.25, 0.3) is 0 Å². The van der Waals surface area contributed by atoms with Crippen molar-refractivity contribution in [1.82, 2.24) is 8.87 Å². The van der Waals surface area contributed by atoms with Crippen LogP contribution in [-0.4, -0.2) is 38.0 Å². The number of hydrogen-bond donors (Lipinski definition) is 0. The fraction of sp³-hybridized carbons (Fsp3) is 0.227. The molecule has 2 aromatic carbocycles. The molecule has 8 heteroatoms. The van der Waals surface area contributed by atoms with Gasteiger partial charge in [-0.05, 0) is 48.9 Å². The van der Waals surface area contributed by atoms with E-state index < -0.39 is 10.0 Å². The number of rotatable bonds is 8. The average molecular weight is 444 g/mol. The van der Waals surface area contributed by atoms with Crippen molar-refractivity contribution >= 4 is 27.0 Å². The van der Waals surface area contributed by atoms with Gasteiger partial charge in [-0.3, -0.25) is 0 Å². The van der Waals surface area contributed by atoms with Gasteiger partial charge in [-0.15, -0.1) is 17.9 Å². The van der Waals surface area contributed by atoms with E-state index in [4.69, 9.17) is 9.73 Å². The summed E-state index contributed by atoms with van der Waals surface area (Å²) in [4.78, 5) is 5.86. The molecule has 0 saturated heterocycles. The Morgan fingerprint density at radius 1 is 1.13 bits per heavy atom. The van der Waals surface area contributed by atoms with Crippen LogP contribution in [0.25, 0.3) is 11.3 Å². The van der Waals surface area contributed by atoms with Crippen molar-refractivity contribution in [1.29, 1.82) is 0 Å². The van der Waals surface area contributed by atoms with Crippen LogP contribution in [0, 0.1) is 0 Å². The van der Waals surface area contributed by atoms with Crippen LogP contribution in [0.15, 0.2) is 76.5 Å². The highest BCUT2D eigenvalue weighted by Gasteiger charge is 2.17. The fourth-order valence-corrected chi connectivity index (χ4v) is 4.70. The van der Waals surface area contributed by atoms with E-state index in [1.807, 2.05) is 54.8 Å². The number of hydrogen-bond acceptors (Lipinski definition) is 5. The molecule has 6 nitrogen and oxygen atoms in total. The van der Waals surface area contributed by atoms with Gasteiger partial charge in [0.15, 0.2) is 4.80 Å². The van der Waals surface area contributed by atoms with E-state index in [-0.39, 0.29) is 4.90 Å². The Labute approximate surface area is 181 Å². The highest BCUT2D eigenvalue weighted by Crippen LogP contribution is 2.24. The summed E-state index contributed by atoms with van der Waals surface area (Å²) in [6.45, 7) is 7.02. The number of aromatic nitrogens is 1. The van der Waals surface area contributed by atoms with E-state index >= 15 is 0 Å². The van der Waals surface area contributed by atoms with Gasteiger partial charge in [0.05, 0.1) is 22.9 Å². The zero-order valence-electron chi connectivity index (χ0n) is 17.3. The molecule has 0 atom stereocenters. The van der Waals surface area contributed by atoms with Crippen molar-refractivity contribution in [3.8, 4) is 17.0 Å². The highest BCUT2D eigenvalue weighted by molar-refractivity contribution is 7.89. The van der Waals surface area contributed by atoms with Crippen LogP contribution >= 0.6 is 11.3 Å². The average Bonchev–Trinajstić information content (AvgIpc) is 3.12. The normalized spacial score (nSPS) is 12.3. The summed E-state index contributed by atoms with van der Waals surface area (Å²) in [5.41, 5.74) is 2.70. The maximum atomic E-state index is 12.3. The Hall–Kier alpha value is -2.68. The molecule has 0 bridgehead atoms. The number of thiazole rings is 1. The number of nitrogens with zero attached hydrogens (tertiary/aromatic N) is 3. The molecule has 0 aliphatic rings. The quantitative estimate of drug-likeness (QED) is 0.488. The minimum absolute atomic E-state index is 0.265. The molecule has 0 amide bonds. The molecule has 1 aromatic heterocycles. The Balaban J connectivity index is 1.99. The third-order valence-corrected chi connectivity index (χ3v) is 7.10. The molecule has 158 valence electrons. The fourth-order valence-electron chi connectivity index (χ4n) is 2.86. The van der Waals surface area contributed by atoms with Crippen LogP contribution in [0.3, 0.4) is 0 Å². The summed E-state index contributed by atoms with van der Waals surface area (Å²) >= 11 is 1.53. The predicted molar refractivity (Wildman–Crippen MR) is 122 cm³/mol. The van der Waals surface area contributed by atoms with E-state index in [9.17, 15) is 8.42 Å². The summed E-state index contributed by atoms with van der Waals surface area (Å²) in [5.74, 6) is 0.815. The van der Waals surface area contributed by atoms with Gasteiger partial charge in [-0.2, -0.15) is 0 Å². The molecule has 0 unspecified atom stereocenters. The molecule has 0 aliphatic carbocycles. The van der Waals surface area contributed by atoms with Crippen LogP contribution in [0.5, 0.6) is 5.75 Å². The maximum absolute atomic E-state index is 12.3. The van der Waals surface area contributed by atoms with E-state index in [1.54, 1.807) is 12.1 Å². The Bertz CT molecular complexity index is 1170. The monoisotopic (exact) mass is 443 g/mol. The molecule has 0 radical (unpaired) electrons. The summed E-state index contributed by atoms with van der Waals surface area (Å²) in [6.07, 6.45) is 1.82. The molecule has 0 saturated carbocycles. The summed E-state index contributed by atoms with van der Waals surface area (Å²) < 4.78 is 33.4. The van der Waals surface area contributed by atoms with Crippen LogP contribution in [0.2, 0.25) is 0 Å². The van der Waals surface area contributed by atoms with Crippen LogP contribution in [-0.2, 0) is 16.6 Å². The van der Waals surface area contributed by atoms with E-state index in [0.717, 1.165) is 27.5 Å². The molecule has 0 N–H and O–H groups in total. The van der Waals surface area contributed by atoms with Crippen molar-refractivity contribution < 1.29 is 13.2 Å². The molecule has 30 heavy (non-hydrogen) atoms. The molecule has 3 aromatic rings. The van der Waals surface area contributed by atoms with Crippen LogP contribution in [0.4, 0.5) is 5.69 Å². The molecular weight excluding hydrogens is 418 g/mol. The van der Waals surface area contributed by atoms with Gasteiger partial charge >= 0.3 is 0 Å². The molecule has 3 rings (SSSR count). The van der Waals surface area contributed by atoms with Gasteiger partial charge in [-0.1, -0.05) is 18.2 Å². The van der Waals surface area contributed by atoms with Gasteiger partial charge in [0, 0.05) is 26.0 Å². The second-order valence-corrected chi connectivity index (χ2v) is 9.64. The minimum atomic E-state index is -3.46. The largest absolute Gasteiger partial charge is 0.494 e. The topological polar surface area (TPSA) is 63.9 Å². The van der Waals surface area contributed by atoms with Crippen LogP contribution in [0.1, 0.15) is 6.92 Å². The third-order valence-electron chi connectivity index (χ3n) is 4.41. The van der Waals surface area contributed by atoms with Crippen molar-refractivity contribution in [3.05, 3.63) is 71.4 Å². The lowest BCUT2D eigenvalue weighted by Crippen LogP contribution is -2.22. The molecule has 0 spiro atoms. The van der Waals surface area contributed by atoms with Crippen molar-refractivity contribution in [3.63, 3.8) is 0 Å². The molecule has 1 heterocycles. The van der Waals surface area contributed by atoms with Gasteiger partial charge in [0.2, 0.25) is 10.0 Å². The second-order valence-electron chi connectivity index (χ2n) is 6.65. The standard InChI is InChI=1S/C22H25N3O3S2/c1-5-15-25-21(17-7-13-20(14-8-17)30(26,27)24(3)4)16-29-22(25)23-18-9-11-19(12-10-18)28-6-2/h5,7-14,16H,1,6,15H2,2-4H3. The lowest BCUT2D eigenvalue weighted by Gasteiger charge is -2.12. The maximum Gasteiger partial charge on any atom is 0.242 e.